The molecule has 8 heteroatoms. The maximum Gasteiger partial charge on any atom is 0.248 e. The first-order valence-electron chi connectivity index (χ1n) is 4.23. The molecule has 0 aromatic carbocycles. The van der Waals surface area contributed by atoms with Gasteiger partial charge in [-0.2, -0.15) is 0 Å². The summed E-state index contributed by atoms with van der Waals surface area (Å²) in [5.74, 6) is -0.740. The molecule has 0 saturated heterocycles. The number of aliphatic hydroxyl groups excluding tert-OH is 1. The molecular formula is C8H9ClN4O3. The van der Waals surface area contributed by atoms with Crippen molar-refractivity contribution in [3.05, 3.63) is 17.0 Å². The SMILES string of the molecule is NC(=O)C(O)CNc1ncnc(Cl)c1C=O. The second kappa shape index (κ2) is 5.38. The Morgan fingerprint density at radius 3 is 2.94 bits per heavy atom. The number of aromatic nitrogens is 2. The Bertz CT molecular complexity index is 412. The van der Waals surface area contributed by atoms with Crippen molar-refractivity contribution in [1.82, 2.24) is 9.97 Å². The van der Waals surface area contributed by atoms with E-state index in [9.17, 15) is 9.59 Å². The molecule has 0 aliphatic heterocycles. The van der Waals surface area contributed by atoms with Crippen molar-refractivity contribution in [3.8, 4) is 0 Å². The summed E-state index contributed by atoms with van der Waals surface area (Å²) in [7, 11) is 0. The summed E-state index contributed by atoms with van der Waals surface area (Å²) in [6, 6.07) is 0. The average molecular weight is 245 g/mol. The highest BCUT2D eigenvalue weighted by molar-refractivity contribution is 6.32. The molecule has 0 saturated carbocycles. The monoisotopic (exact) mass is 244 g/mol. The van der Waals surface area contributed by atoms with Crippen LogP contribution < -0.4 is 11.1 Å². The molecule has 86 valence electrons. The van der Waals surface area contributed by atoms with Crippen molar-refractivity contribution in [2.24, 2.45) is 5.73 Å². The summed E-state index contributed by atoms with van der Waals surface area (Å²) in [5, 5.41) is 11.7. The van der Waals surface area contributed by atoms with E-state index in [2.05, 4.69) is 15.3 Å². The van der Waals surface area contributed by atoms with Crippen molar-refractivity contribution < 1.29 is 14.7 Å². The van der Waals surface area contributed by atoms with Crippen LogP contribution in [0.4, 0.5) is 5.82 Å². The fourth-order valence-corrected chi connectivity index (χ4v) is 1.09. The maximum absolute atomic E-state index is 10.7. The van der Waals surface area contributed by atoms with Gasteiger partial charge >= 0.3 is 0 Å². The highest BCUT2D eigenvalue weighted by Crippen LogP contribution is 2.16. The third-order valence-electron chi connectivity index (χ3n) is 1.74. The number of anilines is 1. The number of carbonyl (C=O) groups is 2. The molecule has 0 aliphatic rings. The van der Waals surface area contributed by atoms with Crippen LogP contribution in [-0.2, 0) is 4.79 Å². The Morgan fingerprint density at radius 2 is 2.38 bits per heavy atom. The summed E-state index contributed by atoms with van der Waals surface area (Å²) < 4.78 is 0. The lowest BCUT2D eigenvalue weighted by molar-refractivity contribution is -0.125. The molecule has 1 aromatic rings. The van der Waals surface area contributed by atoms with Crippen LogP contribution in [0.3, 0.4) is 0 Å². The first-order chi connectivity index (χ1) is 7.56. The van der Waals surface area contributed by atoms with E-state index < -0.39 is 12.0 Å². The molecule has 4 N–H and O–H groups in total. The molecule has 1 atom stereocenters. The van der Waals surface area contributed by atoms with Crippen molar-refractivity contribution in [2.75, 3.05) is 11.9 Å². The van der Waals surface area contributed by atoms with Crippen LogP contribution in [0.15, 0.2) is 6.33 Å². The van der Waals surface area contributed by atoms with Crippen LogP contribution in [0.25, 0.3) is 0 Å². The highest BCUT2D eigenvalue weighted by atomic mass is 35.5. The van der Waals surface area contributed by atoms with Gasteiger partial charge < -0.3 is 16.2 Å². The predicted molar refractivity (Wildman–Crippen MR) is 56.1 cm³/mol. The Balaban J connectivity index is 2.78. The van der Waals surface area contributed by atoms with E-state index >= 15 is 0 Å². The minimum absolute atomic E-state index is 0.0129. The molecule has 1 rings (SSSR count). The quantitative estimate of drug-likeness (QED) is 0.461. The molecule has 1 amide bonds. The largest absolute Gasteiger partial charge is 0.381 e. The molecule has 0 spiro atoms. The van der Waals surface area contributed by atoms with Crippen molar-refractivity contribution in [3.63, 3.8) is 0 Å². The van der Waals surface area contributed by atoms with Gasteiger partial charge in [-0.05, 0) is 0 Å². The van der Waals surface area contributed by atoms with Gasteiger partial charge in [0.1, 0.15) is 23.4 Å². The zero-order chi connectivity index (χ0) is 12.1. The van der Waals surface area contributed by atoms with E-state index in [1.54, 1.807) is 0 Å². The Morgan fingerprint density at radius 1 is 1.69 bits per heavy atom. The summed E-state index contributed by atoms with van der Waals surface area (Å²) in [6.45, 7) is -0.163. The number of nitrogens with one attached hydrogen (secondary N) is 1. The van der Waals surface area contributed by atoms with E-state index in [-0.39, 0.29) is 23.1 Å². The number of rotatable bonds is 5. The molecule has 1 aromatic heterocycles. The van der Waals surface area contributed by atoms with Gasteiger partial charge in [-0.25, -0.2) is 9.97 Å². The molecule has 1 heterocycles. The predicted octanol–water partition coefficient (Wildman–Crippen LogP) is -0.799. The summed E-state index contributed by atoms with van der Waals surface area (Å²) in [5.41, 5.74) is 4.90. The van der Waals surface area contributed by atoms with Crippen LogP contribution in [0.2, 0.25) is 5.15 Å². The molecule has 16 heavy (non-hydrogen) atoms. The van der Waals surface area contributed by atoms with Crippen LogP contribution in [0.1, 0.15) is 10.4 Å². The average Bonchev–Trinajstić information content (AvgIpc) is 2.25. The number of halogens is 1. The van der Waals surface area contributed by atoms with Gasteiger partial charge in [-0.1, -0.05) is 11.6 Å². The number of aliphatic hydroxyl groups is 1. The number of hydrogen-bond acceptors (Lipinski definition) is 6. The van der Waals surface area contributed by atoms with E-state index in [1.165, 1.54) is 0 Å². The second-order valence-corrected chi connectivity index (χ2v) is 3.20. The van der Waals surface area contributed by atoms with Gasteiger partial charge in [0.2, 0.25) is 5.91 Å². The minimum atomic E-state index is -1.37. The zero-order valence-electron chi connectivity index (χ0n) is 8.05. The molecule has 0 aliphatic carbocycles. The molecule has 1 unspecified atom stereocenters. The lowest BCUT2D eigenvalue weighted by Gasteiger charge is -2.10. The first kappa shape index (κ1) is 12.3. The van der Waals surface area contributed by atoms with Crippen LogP contribution in [0, 0.1) is 0 Å². The number of hydrogen-bond donors (Lipinski definition) is 3. The third kappa shape index (κ3) is 2.88. The number of carbonyl (C=O) groups excluding carboxylic acids is 2. The van der Waals surface area contributed by atoms with Gasteiger partial charge in [0, 0.05) is 0 Å². The van der Waals surface area contributed by atoms with E-state index in [4.69, 9.17) is 22.4 Å². The number of amides is 1. The molecule has 7 nitrogen and oxygen atoms in total. The third-order valence-corrected chi connectivity index (χ3v) is 2.05. The van der Waals surface area contributed by atoms with Crippen LogP contribution in [0.5, 0.6) is 0 Å². The molecule has 0 fully saturated rings. The topological polar surface area (TPSA) is 118 Å². The lowest BCUT2D eigenvalue weighted by Crippen LogP contribution is -2.34. The summed E-state index contributed by atoms with van der Waals surface area (Å²) in [6.07, 6.45) is 0.253. The van der Waals surface area contributed by atoms with Crippen LogP contribution in [-0.4, -0.2) is 39.9 Å². The standard InChI is InChI=1S/C8H9ClN4O3/c9-6-4(2-14)8(13-3-12-6)11-1-5(15)7(10)16/h2-3,5,15H,1H2,(H2,10,16)(H,11,12,13). The second-order valence-electron chi connectivity index (χ2n) is 2.84. The van der Waals surface area contributed by atoms with Crippen molar-refractivity contribution in [1.29, 1.82) is 0 Å². The van der Waals surface area contributed by atoms with Crippen LogP contribution >= 0.6 is 11.6 Å². The van der Waals surface area contributed by atoms with Gasteiger partial charge in [-0.15, -0.1) is 0 Å². The van der Waals surface area contributed by atoms with Gasteiger partial charge in [0.05, 0.1) is 12.1 Å². The Hall–Kier alpha value is -1.73. The Labute approximate surface area is 95.6 Å². The summed E-state index contributed by atoms with van der Waals surface area (Å²) >= 11 is 5.63. The fraction of sp³-hybridized carbons (Fsp3) is 0.250. The minimum Gasteiger partial charge on any atom is -0.381 e. The number of aldehydes is 1. The van der Waals surface area contributed by atoms with Crippen molar-refractivity contribution >= 4 is 29.6 Å². The van der Waals surface area contributed by atoms with Crippen molar-refractivity contribution in [2.45, 2.75) is 6.10 Å². The number of nitrogens with zero attached hydrogens (tertiary/aromatic N) is 2. The van der Waals surface area contributed by atoms with Gasteiger partial charge in [-0.3, -0.25) is 9.59 Å². The van der Waals surface area contributed by atoms with E-state index in [1.807, 2.05) is 0 Å². The number of primary amides is 1. The number of nitrogens with two attached hydrogens (primary N) is 1. The Kier molecular flexibility index (Phi) is 4.15. The summed E-state index contributed by atoms with van der Waals surface area (Å²) in [4.78, 5) is 28.6. The highest BCUT2D eigenvalue weighted by Gasteiger charge is 2.13. The lowest BCUT2D eigenvalue weighted by atomic mass is 10.3. The first-order valence-corrected chi connectivity index (χ1v) is 4.61. The molecule has 0 bridgehead atoms. The zero-order valence-corrected chi connectivity index (χ0v) is 8.81. The normalized spacial score (nSPS) is 11.9. The molecular weight excluding hydrogens is 236 g/mol. The van der Waals surface area contributed by atoms with Gasteiger partial charge in [0.15, 0.2) is 6.29 Å². The van der Waals surface area contributed by atoms with E-state index in [0.29, 0.717) is 6.29 Å². The van der Waals surface area contributed by atoms with E-state index in [0.717, 1.165) is 6.33 Å². The fourth-order valence-electron chi connectivity index (χ4n) is 0.913. The smallest absolute Gasteiger partial charge is 0.248 e. The maximum atomic E-state index is 10.7. The molecule has 0 radical (unpaired) electrons. The van der Waals surface area contributed by atoms with Gasteiger partial charge in [0.25, 0.3) is 0 Å².